The number of hydrazine groups is 1. The van der Waals surface area contributed by atoms with Gasteiger partial charge in [0.05, 0.1) is 12.5 Å². The molecule has 1 heterocycles. The largest absolute Gasteiger partial charge is 0.472 e. The van der Waals surface area contributed by atoms with Gasteiger partial charge in [-0.25, -0.2) is 0 Å². The Labute approximate surface area is 108 Å². The van der Waals surface area contributed by atoms with Crippen LogP contribution in [0.2, 0.25) is 0 Å². The van der Waals surface area contributed by atoms with Gasteiger partial charge in [0.25, 0.3) is 0 Å². The molecule has 0 fully saturated rings. The van der Waals surface area contributed by atoms with Crippen molar-refractivity contribution >= 4 is 0 Å². The number of benzene rings is 1. The molecule has 1 unspecified atom stereocenters. The third-order valence-corrected chi connectivity index (χ3v) is 3.27. The number of furan rings is 1. The van der Waals surface area contributed by atoms with Gasteiger partial charge in [0.15, 0.2) is 0 Å². The van der Waals surface area contributed by atoms with Crippen LogP contribution in [0.15, 0.2) is 41.2 Å². The Hall–Kier alpha value is -1.58. The summed E-state index contributed by atoms with van der Waals surface area (Å²) in [6, 6.07) is 8.74. The van der Waals surface area contributed by atoms with Gasteiger partial charge in [0.2, 0.25) is 0 Å². The van der Waals surface area contributed by atoms with Crippen LogP contribution in [0.4, 0.5) is 0 Å². The molecule has 0 aliphatic carbocycles. The summed E-state index contributed by atoms with van der Waals surface area (Å²) < 4.78 is 5.08. The lowest BCUT2D eigenvalue weighted by Gasteiger charge is -2.17. The van der Waals surface area contributed by atoms with Crippen molar-refractivity contribution < 1.29 is 4.42 Å². The SMILES string of the molecule is Cc1ccc(C)c(CC(Cc2ccoc2)NN)c1. The average Bonchev–Trinajstić information content (AvgIpc) is 2.85. The minimum Gasteiger partial charge on any atom is -0.472 e. The summed E-state index contributed by atoms with van der Waals surface area (Å²) in [6.07, 6.45) is 5.27. The molecule has 3 heteroatoms. The van der Waals surface area contributed by atoms with E-state index in [9.17, 15) is 0 Å². The maximum Gasteiger partial charge on any atom is 0.0935 e. The van der Waals surface area contributed by atoms with Gasteiger partial charge in [-0.05, 0) is 49.4 Å². The highest BCUT2D eigenvalue weighted by molar-refractivity contribution is 5.31. The van der Waals surface area contributed by atoms with Crippen molar-refractivity contribution in [2.24, 2.45) is 5.84 Å². The van der Waals surface area contributed by atoms with Crippen LogP contribution >= 0.6 is 0 Å². The lowest BCUT2D eigenvalue weighted by Crippen LogP contribution is -2.38. The van der Waals surface area contributed by atoms with Crippen molar-refractivity contribution in [2.45, 2.75) is 32.7 Å². The Morgan fingerprint density at radius 1 is 1.22 bits per heavy atom. The van der Waals surface area contributed by atoms with Crippen LogP contribution in [0.1, 0.15) is 22.3 Å². The Morgan fingerprint density at radius 2 is 2.06 bits per heavy atom. The molecule has 1 aromatic heterocycles. The summed E-state index contributed by atoms with van der Waals surface area (Å²) in [6.45, 7) is 4.25. The third-order valence-electron chi connectivity index (χ3n) is 3.27. The molecule has 0 aliphatic heterocycles. The van der Waals surface area contributed by atoms with Crippen LogP contribution in [0.5, 0.6) is 0 Å². The average molecular weight is 244 g/mol. The zero-order chi connectivity index (χ0) is 13.0. The van der Waals surface area contributed by atoms with E-state index < -0.39 is 0 Å². The molecule has 0 spiro atoms. The highest BCUT2D eigenvalue weighted by Gasteiger charge is 2.11. The fourth-order valence-electron chi connectivity index (χ4n) is 2.17. The van der Waals surface area contributed by atoms with Crippen molar-refractivity contribution in [3.63, 3.8) is 0 Å². The molecule has 2 aromatic rings. The second-order valence-corrected chi connectivity index (χ2v) is 4.83. The Kier molecular flexibility index (Phi) is 4.18. The normalized spacial score (nSPS) is 12.6. The number of aryl methyl sites for hydroxylation is 2. The second-order valence-electron chi connectivity index (χ2n) is 4.83. The zero-order valence-electron chi connectivity index (χ0n) is 10.9. The molecule has 3 nitrogen and oxygen atoms in total. The monoisotopic (exact) mass is 244 g/mol. The lowest BCUT2D eigenvalue weighted by atomic mass is 9.96. The summed E-state index contributed by atoms with van der Waals surface area (Å²) in [7, 11) is 0. The first-order valence-electron chi connectivity index (χ1n) is 6.22. The molecule has 18 heavy (non-hydrogen) atoms. The number of hydrogen-bond acceptors (Lipinski definition) is 3. The first kappa shape index (κ1) is 12.9. The number of nitrogens with one attached hydrogen (secondary N) is 1. The van der Waals surface area contributed by atoms with Crippen LogP contribution in [0.3, 0.4) is 0 Å². The van der Waals surface area contributed by atoms with E-state index in [0.29, 0.717) is 0 Å². The topological polar surface area (TPSA) is 51.2 Å². The smallest absolute Gasteiger partial charge is 0.0935 e. The van der Waals surface area contributed by atoms with E-state index in [1.807, 2.05) is 6.07 Å². The lowest BCUT2D eigenvalue weighted by molar-refractivity contribution is 0.513. The molecule has 0 saturated carbocycles. The van der Waals surface area contributed by atoms with Gasteiger partial charge >= 0.3 is 0 Å². The van der Waals surface area contributed by atoms with Crippen molar-refractivity contribution in [3.05, 3.63) is 59.0 Å². The second kappa shape index (κ2) is 5.85. The summed E-state index contributed by atoms with van der Waals surface area (Å²) >= 11 is 0. The minimum absolute atomic E-state index is 0.225. The van der Waals surface area contributed by atoms with Crippen LogP contribution < -0.4 is 11.3 Å². The summed E-state index contributed by atoms with van der Waals surface area (Å²) in [5, 5.41) is 0. The van der Waals surface area contributed by atoms with Gasteiger partial charge in [-0.3, -0.25) is 11.3 Å². The van der Waals surface area contributed by atoms with Gasteiger partial charge < -0.3 is 4.42 Å². The quantitative estimate of drug-likeness (QED) is 0.627. The van der Waals surface area contributed by atoms with E-state index in [2.05, 4.69) is 37.5 Å². The van der Waals surface area contributed by atoms with Crippen molar-refractivity contribution in [1.82, 2.24) is 5.43 Å². The van der Waals surface area contributed by atoms with Crippen molar-refractivity contribution in [3.8, 4) is 0 Å². The van der Waals surface area contributed by atoms with Crippen molar-refractivity contribution in [1.29, 1.82) is 0 Å². The molecule has 0 radical (unpaired) electrons. The molecule has 1 aromatic carbocycles. The summed E-state index contributed by atoms with van der Waals surface area (Å²) in [5.74, 6) is 5.64. The maximum absolute atomic E-state index is 5.64. The molecular formula is C15H20N2O. The van der Waals surface area contributed by atoms with Gasteiger partial charge in [0, 0.05) is 6.04 Å². The highest BCUT2D eigenvalue weighted by atomic mass is 16.3. The Balaban J connectivity index is 2.07. The zero-order valence-corrected chi connectivity index (χ0v) is 10.9. The highest BCUT2D eigenvalue weighted by Crippen LogP contribution is 2.15. The number of nitrogens with two attached hydrogens (primary N) is 1. The summed E-state index contributed by atoms with van der Waals surface area (Å²) in [4.78, 5) is 0. The fourth-order valence-corrected chi connectivity index (χ4v) is 2.17. The molecule has 0 amide bonds. The molecule has 1 atom stereocenters. The van der Waals surface area contributed by atoms with Gasteiger partial charge in [-0.2, -0.15) is 0 Å². The standard InChI is InChI=1S/C15H20N2O/c1-11-3-4-12(2)14(7-11)9-15(17-16)8-13-5-6-18-10-13/h3-7,10,15,17H,8-9,16H2,1-2H3. The first-order valence-corrected chi connectivity index (χ1v) is 6.22. The minimum atomic E-state index is 0.225. The molecule has 0 saturated heterocycles. The molecule has 0 aliphatic rings. The Morgan fingerprint density at radius 3 is 2.72 bits per heavy atom. The third kappa shape index (κ3) is 3.22. The van der Waals surface area contributed by atoms with E-state index in [1.165, 1.54) is 22.3 Å². The van der Waals surface area contributed by atoms with E-state index in [0.717, 1.165) is 12.8 Å². The summed E-state index contributed by atoms with van der Waals surface area (Å²) in [5.41, 5.74) is 8.01. The van der Waals surface area contributed by atoms with E-state index in [1.54, 1.807) is 12.5 Å². The van der Waals surface area contributed by atoms with Gasteiger partial charge in [-0.15, -0.1) is 0 Å². The van der Waals surface area contributed by atoms with Crippen LogP contribution in [-0.4, -0.2) is 6.04 Å². The predicted octanol–water partition coefficient (Wildman–Crippen LogP) is 2.51. The van der Waals surface area contributed by atoms with Gasteiger partial charge in [0.1, 0.15) is 0 Å². The van der Waals surface area contributed by atoms with E-state index in [4.69, 9.17) is 10.3 Å². The van der Waals surface area contributed by atoms with Gasteiger partial charge in [-0.1, -0.05) is 23.8 Å². The predicted molar refractivity (Wildman–Crippen MR) is 73.1 cm³/mol. The fraction of sp³-hybridized carbons (Fsp3) is 0.333. The molecule has 0 bridgehead atoms. The number of hydrogen-bond donors (Lipinski definition) is 2. The van der Waals surface area contributed by atoms with Crippen LogP contribution in [-0.2, 0) is 12.8 Å². The maximum atomic E-state index is 5.64. The Bertz CT molecular complexity index is 491. The van der Waals surface area contributed by atoms with Crippen LogP contribution in [0, 0.1) is 13.8 Å². The van der Waals surface area contributed by atoms with E-state index in [-0.39, 0.29) is 6.04 Å². The number of rotatable bonds is 5. The molecule has 3 N–H and O–H groups in total. The molecular weight excluding hydrogens is 224 g/mol. The van der Waals surface area contributed by atoms with E-state index >= 15 is 0 Å². The molecule has 2 rings (SSSR count). The first-order chi connectivity index (χ1) is 8.69. The van der Waals surface area contributed by atoms with Crippen LogP contribution in [0.25, 0.3) is 0 Å². The van der Waals surface area contributed by atoms with Crippen molar-refractivity contribution in [2.75, 3.05) is 0 Å². The molecule has 96 valence electrons.